The molecule has 0 fully saturated rings. The molecule has 0 spiro atoms. The molecule has 126 valence electrons. The molecule has 0 radical (unpaired) electrons. The summed E-state index contributed by atoms with van der Waals surface area (Å²) in [4.78, 5) is 4.39. The van der Waals surface area contributed by atoms with Crippen LogP contribution in [0.2, 0.25) is 0 Å². The normalized spacial score (nSPS) is 9.80. The summed E-state index contributed by atoms with van der Waals surface area (Å²) in [6, 6.07) is 19.7. The predicted molar refractivity (Wildman–Crippen MR) is 103 cm³/mol. The number of nitrogens with zero attached hydrogens (tertiary/aromatic N) is 2. The first kappa shape index (κ1) is 18.3. The lowest BCUT2D eigenvalue weighted by Crippen LogP contribution is -1.99. The van der Waals surface area contributed by atoms with Gasteiger partial charge in [0.15, 0.2) is 0 Å². The Morgan fingerprint density at radius 2 is 1.60 bits per heavy atom. The Labute approximate surface area is 153 Å². The van der Waals surface area contributed by atoms with Gasteiger partial charge in [0, 0.05) is 11.1 Å². The second-order valence-corrected chi connectivity index (χ2v) is 5.52. The maximum Gasteiger partial charge on any atom is 0.142 e. The van der Waals surface area contributed by atoms with Crippen LogP contribution in [0.1, 0.15) is 11.1 Å². The fourth-order valence-corrected chi connectivity index (χ4v) is 2.55. The van der Waals surface area contributed by atoms with Crippen molar-refractivity contribution >= 4 is 18.2 Å². The minimum absolute atomic E-state index is 0. The van der Waals surface area contributed by atoms with Crippen molar-refractivity contribution in [2.75, 3.05) is 12.8 Å². The lowest BCUT2D eigenvalue weighted by molar-refractivity contribution is 0.415. The molecule has 25 heavy (non-hydrogen) atoms. The van der Waals surface area contributed by atoms with Crippen molar-refractivity contribution < 1.29 is 4.74 Å². The molecule has 0 bridgehead atoms. The van der Waals surface area contributed by atoms with Gasteiger partial charge in [0.2, 0.25) is 0 Å². The maximum atomic E-state index is 9.46. The van der Waals surface area contributed by atoms with Crippen molar-refractivity contribution in [3.05, 3.63) is 65.7 Å². The van der Waals surface area contributed by atoms with E-state index >= 15 is 0 Å². The fourth-order valence-electron chi connectivity index (χ4n) is 2.55. The van der Waals surface area contributed by atoms with Crippen molar-refractivity contribution in [3.63, 3.8) is 0 Å². The Balaban J connectivity index is 0.00000225. The average Bonchev–Trinajstić information content (AvgIpc) is 2.62. The van der Waals surface area contributed by atoms with Crippen LogP contribution in [0, 0.1) is 18.3 Å². The highest BCUT2D eigenvalue weighted by Crippen LogP contribution is 2.31. The molecule has 1 aromatic heterocycles. The van der Waals surface area contributed by atoms with Crippen LogP contribution < -0.4 is 10.5 Å². The van der Waals surface area contributed by atoms with Crippen molar-refractivity contribution in [2.45, 2.75) is 6.92 Å². The van der Waals surface area contributed by atoms with Crippen LogP contribution in [0.25, 0.3) is 22.4 Å². The SMILES string of the molecule is COc1ccc(-c2cc(-c3ccc(C)cc3)c(C#N)c(N)n2)cc1.Cl. The van der Waals surface area contributed by atoms with E-state index in [1.54, 1.807) is 7.11 Å². The molecule has 0 amide bonds. The molecule has 0 unspecified atom stereocenters. The van der Waals surface area contributed by atoms with Crippen LogP contribution in [0.15, 0.2) is 54.6 Å². The number of hydrogen-bond acceptors (Lipinski definition) is 4. The molecule has 0 aliphatic carbocycles. The van der Waals surface area contributed by atoms with E-state index in [4.69, 9.17) is 10.5 Å². The zero-order chi connectivity index (χ0) is 17.1. The number of pyridine rings is 1. The van der Waals surface area contributed by atoms with E-state index in [9.17, 15) is 5.26 Å². The number of nitriles is 1. The van der Waals surface area contributed by atoms with E-state index in [0.717, 1.165) is 33.7 Å². The molecule has 0 atom stereocenters. The first-order chi connectivity index (χ1) is 11.6. The molecular weight excluding hydrogens is 334 g/mol. The van der Waals surface area contributed by atoms with Gasteiger partial charge in [0.1, 0.15) is 23.2 Å². The van der Waals surface area contributed by atoms with Gasteiger partial charge >= 0.3 is 0 Å². The van der Waals surface area contributed by atoms with Gasteiger partial charge in [-0.1, -0.05) is 29.8 Å². The number of hydrogen-bond donors (Lipinski definition) is 1. The van der Waals surface area contributed by atoms with E-state index in [1.165, 1.54) is 0 Å². The highest BCUT2D eigenvalue weighted by Gasteiger charge is 2.13. The van der Waals surface area contributed by atoms with Crippen molar-refractivity contribution in [1.29, 1.82) is 5.26 Å². The predicted octanol–water partition coefficient (Wildman–Crippen LogP) is 4.61. The number of anilines is 1. The summed E-state index contributed by atoms with van der Waals surface area (Å²) in [6.07, 6.45) is 0. The molecule has 3 rings (SSSR count). The van der Waals surface area contributed by atoms with Crippen LogP contribution in [-0.4, -0.2) is 12.1 Å². The average molecular weight is 352 g/mol. The zero-order valence-electron chi connectivity index (χ0n) is 14.0. The molecule has 0 saturated heterocycles. The lowest BCUT2D eigenvalue weighted by Gasteiger charge is -2.11. The highest BCUT2D eigenvalue weighted by molar-refractivity contribution is 5.85. The third-order valence-corrected chi connectivity index (χ3v) is 3.91. The summed E-state index contributed by atoms with van der Waals surface area (Å²) in [6.45, 7) is 2.03. The van der Waals surface area contributed by atoms with Gasteiger partial charge in [-0.25, -0.2) is 4.98 Å². The summed E-state index contributed by atoms with van der Waals surface area (Å²) < 4.78 is 5.18. The van der Waals surface area contributed by atoms with E-state index in [-0.39, 0.29) is 18.2 Å². The molecule has 5 heteroatoms. The second kappa shape index (κ2) is 7.69. The Hall–Kier alpha value is -3.03. The number of ether oxygens (including phenoxy) is 1. The van der Waals surface area contributed by atoms with Crippen molar-refractivity contribution in [1.82, 2.24) is 4.98 Å². The van der Waals surface area contributed by atoms with Gasteiger partial charge in [-0.15, -0.1) is 12.4 Å². The molecule has 0 saturated carbocycles. The van der Waals surface area contributed by atoms with Crippen LogP contribution in [0.3, 0.4) is 0 Å². The molecule has 4 nitrogen and oxygen atoms in total. The second-order valence-electron chi connectivity index (χ2n) is 5.52. The van der Waals surface area contributed by atoms with Crippen LogP contribution in [-0.2, 0) is 0 Å². The smallest absolute Gasteiger partial charge is 0.142 e. The molecule has 0 aliphatic rings. The summed E-state index contributed by atoms with van der Waals surface area (Å²) in [5.74, 6) is 1.01. The molecule has 2 N–H and O–H groups in total. The van der Waals surface area contributed by atoms with E-state index in [0.29, 0.717) is 5.56 Å². The number of aromatic nitrogens is 1. The summed E-state index contributed by atoms with van der Waals surface area (Å²) in [7, 11) is 1.63. The summed E-state index contributed by atoms with van der Waals surface area (Å²) in [5, 5.41) is 9.46. The first-order valence-electron chi connectivity index (χ1n) is 7.54. The largest absolute Gasteiger partial charge is 0.497 e. The Morgan fingerprint density at radius 1 is 1.00 bits per heavy atom. The van der Waals surface area contributed by atoms with Crippen molar-refractivity contribution in [2.24, 2.45) is 0 Å². The Morgan fingerprint density at radius 3 is 2.16 bits per heavy atom. The van der Waals surface area contributed by atoms with E-state index in [1.807, 2.05) is 61.5 Å². The third kappa shape index (κ3) is 3.73. The highest BCUT2D eigenvalue weighted by atomic mass is 35.5. The number of aryl methyl sites for hydroxylation is 1. The van der Waals surface area contributed by atoms with Crippen LogP contribution >= 0.6 is 12.4 Å². The van der Waals surface area contributed by atoms with Gasteiger partial charge in [0.05, 0.1) is 12.8 Å². The van der Waals surface area contributed by atoms with Gasteiger partial charge < -0.3 is 10.5 Å². The minimum Gasteiger partial charge on any atom is -0.497 e. The summed E-state index contributed by atoms with van der Waals surface area (Å²) >= 11 is 0. The Kier molecular flexibility index (Phi) is 5.63. The molecule has 0 aliphatic heterocycles. The molecule has 1 heterocycles. The number of rotatable bonds is 3. The van der Waals surface area contributed by atoms with E-state index in [2.05, 4.69) is 11.1 Å². The quantitative estimate of drug-likeness (QED) is 0.748. The number of nitrogens with two attached hydrogens (primary N) is 1. The zero-order valence-corrected chi connectivity index (χ0v) is 14.8. The lowest BCUT2D eigenvalue weighted by atomic mass is 9.98. The standard InChI is InChI=1S/C20H17N3O.ClH/c1-13-3-5-14(6-4-13)17-11-19(23-20(22)18(17)12-21)15-7-9-16(24-2)10-8-15;/h3-11H,1-2H3,(H2,22,23);1H. The van der Waals surface area contributed by atoms with E-state index < -0.39 is 0 Å². The molecule has 2 aromatic carbocycles. The number of methoxy groups -OCH3 is 1. The third-order valence-electron chi connectivity index (χ3n) is 3.91. The van der Waals surface area contributed by atoms with Gasteiger partial charge in [0.25, 0.3) is 0 Å². The van der Waals surface area contributed by atoms with Crippen molar-refractivity contribution in [3.8, 4) is 34.2 Å². The number of nitrogen functional groups attached to an aromatic ring is 1. The summed E-state index contributed by atoms with van der Waals surface area (Å²) in [5.41, 5.74) is 11.0. The minimum atomic E-state index is 0. The number of benzene rings is 2. The van der Waals surface area contributed by atoms with Gasteiger partial charge in [-0.05, 0) is 42.8 Å². The van der Waals surface area contributed by atoms with Gasteiger partial charge in [-0.3, -0.25) is 0 Å². The molecule has 3 aromatic rings. The molecular formula is C20H18ClN3O. The monoisotopic (exact) mass is 351 g/mol. The Bertz CT molecular complexity index is 913. The maximum absolute atomic E-state index is 9.46. The van der Waals surface area contributed by atoms with Crippen LogP contribution in [0.4, 0.5) is 5.82 Å². The first-order valence-corrected chi connectivity index (χ1v) is 7.54. The fraction of sp³-hybridized carbons (Fsp3) is 0.100. The van der Waals surface area contributed by atoms with Crippen LogP contribution in [0.5, 0.6) is 5.75 Å². The number of halogens is 1. The van der Waals surface area contributed by atoms with Gasteiger partial charge in [-0.2, -0.15) is 5.26 Å². The topological polar surface area (TPSA) is 71.9 Å².